The predicted octanol–water partition coefficient (Wildman–Crippen LogP) is 4.58. The van der Waals surface area contributed by atoms with Crippen molar-refractivity contribution in [3.63, 3.8) is 0 Å². The number of aromatic nitrogens is 2. The number of nitrogens with zero attached hydrogens (tertiary/aromatic N) is 2. The molecule has 0 saturated heterocycles. The summed E-state index contributed by atoms with van der Waals surface area (Å²) < 4.78 is 10.4. The summed E-state index contributed by atoms with van der Waals surface area (Å²) in [6, 6.07) is 12.7. The maximum absolute atomic E-state index is 12.1. The van der Waals surface area contributed by atoms with E-state index in [9.17, 15) is 4.79 Å². The highest BCUT2D eigenvalue weighted by Gasteiger charge is 2.11. The minimum atomic E-state index is -0.0969. The van der Waals surface area contributed by atoms with Gasteiger partial charge in [0.05, 0.1) is 18.6 Å². The molecule has 0 aliphatic heterocycles. The van der Waals surface area contributed by atoms with Gasteiger partial charge >= 0.3 is 0 Å². The fourth-order valence-corrected chi connectivity index (χ4v) is 3.23. The van der Waals surface area contributed by atoms with Gasteiger partial charge in [-0.05, 0) is 55.0 Å². The number of methoxy groups -OCH3 is 1. The number of thioether (sulfide) groups is 1. The van der Waals surface area contributed by atoms with Crippen LogP contribution in [0.25, 0.3) is 11.4 Å². The van der Waals surface area contributed by atoms with Gasteiger partial charge < -0.3 is 14.6 Å². The number of ether oxygens (including phenoxy) is 1. The molecule has 0 radical (unpaired) electrons. The Bertz CT molecular complexity index is 928. The lowest BCUT2D eigenvalue weighted by molar-refractivity contribution is -0.113. The number of nitrogens with one attached hydrogen (secondary N) is 1. The molecule has 0 aliphatic carbocycles. The van der Waals surface area contributed by atoms with Gasteiger partial charge in [0.1, 0.15) is 5.75 Å². The first-order valence-electron chi connectivity index (χ1n) is 8.16. The first kappa shape index (κ1) is 19.3. The molecule has 8 heteroatoms. The number of anilines is 1. The largest absolute Gasteiger partial charge is 0.497 e. The molecule has 0 spiro atoms. The summed E-state index contributed by atoms with van der Waals surface area (Å²) in [7, 11) is 1.61. The van der Waals surface area contributed by atoms with Crippen LogP contribution < -0.4 is 10.1 Å². The van der Waals surface area contributed by atoms with Gasteiger partial charge in [0.25, 0.3) is 0 Å². The molecule has 2 aromatic carbocycles. The molecular formula is C19H18ClN3O3S. The third-order valence-electron chi connectivity index (χ3n) is 3.74. The molecule has 1 heterocycles. The topological polar surface area (TPSA) is 77.2 Å². The van der Waals surface area contributed by atoms with Crippen molar-refractivity contribution >= 4 is 35.0 Å². The molecule has 3 aromatic rings. The average Bonchev–Trinajstić information content (AvgIpc) is 3.13. The zero-order valence-corrected chi connectivity index (χ0v) is 16.4. The van der Waals surface area contributed by atoms with Crippen molar-refractivity contribution in [1.82, 2.24) is 10.1 Å². The monoisotopic (exact) mass is 403 g/mol. The number of hydrogen-bond donors (Lipinski definition) is 1. The van der Waals surface area contributed by atoms with E-state index in [2.05, 4.69) is 15.5 Å². The summed E-state index contributed by atoms with van der Waals surface area (Å²) in [5, 5.41) is 7.49. The van der Waals surface area contributed by atoms with E-state index in [0.29, 0.717) is 22.5 Å². The molecule has 0 fully saturated rings. The lowest BCUT2D eigenvalue weighted by Gasteiger charge is -2.08. The summed E-state index contributed by atoms with van der Waals surface area (Å²) in [5.41, 5.74) is 2.51. The Morgan fingerprint density at radius 2 is 2.04 bits per heavy atom. The third kappa shape index (κ3) is 5.24. The van der Waals surface area contributed by atoms with Gasteiger partial charge in [-0.15, -0.1) is 11.8 Å². The summed E-state index contributed by atoms with van der Waals surface area (Å²) >= 11 is 7.32. The summed E-state index contributed by atoms with van der Waals surface area (Å²) in [5.74, 6) is 2.38. The highest BCUT2D eigenvalue weighted by molar-refractivity contribution is 7.99. The fraction of sp³-hybridized carbons (Fsp3) is 0.211. The Morgan fingerprint density at radius 1 is 1.26 bits per heavy atom. The van der Waals surface area contributed by atoms with Crippen LogP contribution in [0.15, 0.2) is 47.0 Å². The van der Waals surface area contributed by atoms with Crippen molar-refractivity contribution in [2.75, 3.05) is 18.2 Å². The van der Waals surface area contributed by atoms with Gasteiger partial charge in [-0.1, -0.05) is 16.8 Å². The van der Waals surface area contributed by atoms with Gasteiger partial charge in [-0.25, -0.2) is 0 Å². The van der Waals surface area contributed by atoms with Crippen molar-refractivity contribution in [2.24, 2.45) is 0 Å². The number of aryl methyl sites for hydroxylation is 1. The van der Waals surface area contributed by atoms with Crippen molar-refractivity contribution in [3.8, 4) is 17.1 Å². The molecule has 0 saturated carbocycles. The molecule has 3 rings (SSSR count). The van der Waals surface area contributed by atoms with E-state index >= 15 is 0 Å². The molecule has 1 aromatic heterocycles. The molecule has 0 aliphatic rings. The quantitative estimate of drug-likeness (QED) is 0.622. The lowest BCUT2D eigenvalue weighted by atomic mass is 10.2. The predicted molar refractivity (Wildman–Crippen MR) is 107 cm³/mol. The number of hydrogen-bond acceptors (Lipinski definition) is 6. The van der Waals surface area contributed by atoms with E-state index in [4.69, 9.17) is 20.9 Å². The van der Waals surface area contributed by atoms with Crippen LogP contribution in [-0.2, 0) is 10.5 Å². The number of benzene rings is 2. The van der Waals surface area contributed by atoms with Crippen molar-refractivity contribution in [2.45, 2.75) is 12.7 Å². The maximum atomic E-state index is 12.1. The number of carbonyl (C=O) groups is 1. The van der Waals surface area contributed by atoms with E-state index in [-0.39, 0.29) is 11.7 Å². The summed E-state index contributed by atoms with van der Waals surface area (Å²) in [4.78, 5) is 16.4. The van der Waals surface area contributed by atoms with Gasteiger partial charge in [-0.2, -0.15) is 4.98 Å². The van der Waals surface area contributed by atoms with Crippen LogP contribution in [0.5, 0.6) is 5.75 Å². The second kappa shape index (κ2) is 8.92. The Balaban J connectivity index is 1.50. The molecule has 1 N–H and O–H groups in total. The fourth-order valence-electron chi connectivity index (χ4n) is 2.36. The van der Waals surface area contributed by atoms with Crippen LogP contribution in [0.1, 0.15) is 11.5 Å². The first-order chi connectivity index (χ1) is 13.0. The molecule has 6 nitrogen and oxygen atoms in total. The van der Waals surface area contributed by atoms with Crippen LogP contribution >= 0.6 is 23.4 Å². The molecule has 0 bridgehead atoms. The van der Waals surface area contributed by atoms with Gasteiger partial charge in [-0.3, -0.25) is 4.79 Å². The SMILES string of the molecule is COc1ccc(-c2noc(CSCC(=O)Nc3ccc(Cl)cc3C)n2)cc1. The number of halogens is 1. The molecular weight excluding hydrogens is 386 g/mol. The van der Waals surface area contributed by atoms with Crippen LogP contribution in [-0.4, -0.2) is 28.9 Å². The Labute approximate surface area is 166 Å². The van der Waals surface area contributed by atoms with Gasteiger partial charge in [0, 0.05) is 16.3 Å². The number of rotatable bonds is 7. The van der Waals surface area contributed by atoms with E-state index in [1.807, 2.05) is 37.3 Å². The minimum absolute atomic E-state index is 0.0969. The van der Waals surface area contributed by atoms with Crippen LogP contribution in [0.2, 0.25) is 5.02 Å². The van der Waals surface area contributed by atoms with E-state index in [1.165, 1.54) is 11.8 Å². The number of amides is 1. The van der Waals surface area contributed by atoms with E-state index < -0.39 is 0 Å². The highest BCUT2D eigenvalue weighted by Crippen LogP contribution is 2.22. The first-order valence-corrected chi connectivity index (χ1v) is 9.69. The van der Waals surface area contributed by atoms with Gasteiger partial charge in [0.2, 0.25) is 17.6 Å². The van der Waals surface area contributed by atoms with Crippen LogP contribution in [0.4, 0.5) is 5.69 Å². The second-order valence-corrected chi connectivity index (χ2v) is 7.16. The number of carbonyl (C=O) groups excluding carboxylic acids is 1. The van der Waals surface area contributed by atoms with Crippen LogP contribution in [0, 0.1) is 6.92 Å². The van der Waals surface area contributed by atoms with E-state index in [1.54, 1.807) is 19.2 Å². The van der Waals surface area contributed by atoms with E-state index in [0.717, 1.165) is 22.6 Å². The smallest absolute Gasteiger partial charge is 0.236 e. The Morgan fingerprint density at radius 3 is 2.74 bits per heavy atom. The third-order valence-corrected chi connectivity index (χ3v) is 4.89. The zero-order chi connectivity index (χ0) is 19.2. The normalized spacial score (nSPS) is 10.6. The highest BCUT2D eigenvalue weighted by atomic mass is 35.5. The Kier molecular flexibility index (Phi) is 6.36. The Hall–Kier alpha value is -2.51. The second-order valence-electron chi connectivity index (χ2n) is 5.74. The zero-order valence-electron chi connectivity index (χ0n) is 14.9. The molecule has 0 unspecified atom stereocenters. The molecule has 0 atom stereocenters. The van der Waals surface area contributed by atoms with Crippen LogP contribution in [0.3, 0.4) is 0 Å². The van der Waals surface area contributed by atoms with Gasteiger partial charge in [0.15, 0.2) is 0 Å². The maximum Gasteiger partial charge on any atom is 0.236 e. The minimum Gasteiger partial charge on any atom is -0.497 e. The van der Waals surface area contributed by atoms with Crippen molar-refractivity contribution in [1.29, 1.82) is 0 Å². The molecule has 140 valence electrons. The lowest BCUT2D eigenvalue weighted by Crippen LogP contribution is -2.15. The standard InChI is InChI=1S/C19H18ClN3O3S/c1-12-9-14(20)5-8-16(12)21-17(24)10-27-11-18-22-19(23-26-18)13-3-6-15(25-2)7-4-13/h3-9H,10-11H2,1-2H3,(H,21,24). The average molecular weight is 404 g/mol. The van der Waals surface area contributed by atoms with Crippen molar-refractivity contribution in [3.05, 3.63) is 58.9 Å². The molecule has 27 heavy (non-hydrogen) atoms. The van der Waals surface area contributed by atoms with Crippen molar-refractivity contribution < 1.29 is 14.1 Å². The molecule has 1 amide bonds. The summed E-state index contributed by atoms with van der Waals surface area (Å²) in [6.07, 6.45) is 0. The summed E-state index contributed by atoms with van der Waals surface area (Å²) in [6.45, 7) is 1.90.